The number of hydrogen-bond acceptors (Lipinski definition) is 2. The van der Waals surface area contributed by atoms with Gasteiger partial charge in [-0.3, -0.25) is 0 Å². The molecule has 0 aliphatic rings. The van der Waals surface area contributed by atoms with E-state index in [-0.39, 0.29) is 29.6 Å². The summed E-state index contributed by atoms with van der Waals surface area (Å²) in [6.45, 7) is 8.98. The Kier molecular flexibility index (Phi) is 10.2. The molecule has 0 nitrogen and oxygen atoms in total. The Morgan fingerprint density at radius 1 is 0.917 bits per heavy atom. The van der Waals surface area contributed by atoms with Crippen LogP contribution in [-0.2, 0) is 0 Å². The molecule has 12 heavy (non-hydrogen) atoms. The van der Waals surface area contributed by atoms with E-state index in [4.69, 9.17) is 0 Å². The van der Waals surface area contributed by atoms with E-state index in [2.05, 4.69) is 52.2 Å². The second-order valence-corrected chi connectivity index (χ2v) is 13.2. The molecule has 0 radical (unpaired) electrons. The Bertz CT molecular complexity index is 104. The van der Waals surface area contributed by atoms with Gasteiger partial charge in [0.25, 0.3) is 0 Å². The van der Waals surface area contributed by atoms with E-state index in [0.29, 0.717) is 0 Å². The van der Waals surface area contributed by atoms with Crippen molar-refractivity contribution >= 4 is 59.7 Å². The van der Waals surface area contributed by atoms with Crippen LogP contribution >= 0.6 is 30.2 Å². The summed E-state index contributed by atoms with van der Waals surface area (Å²) in [4.78, 5) is 0. The van der Waals surface area contributed by atoms with Gasteiger partial charge in [-0.05, 0) is 0 Å². The first kappa shape index (κ1) is 16.6. The second-order valence-electron chi connectivity index (χ2n) is 4.18. The second kappa shape index (κ2) is 7.43. The van der Waals surface area contributed by atoms with Crippen molar-refractivity contribution in [2.24, 2.45) is 11.8 Å². The molecule has 4 heteroatoms. The van der Waals surface area contributed by atoms with Gasteiger partial charge >= 0.3 is 112 Å². The van der Waals surface area contributed by atoms with E-state index in [9.17, 15) is 0 Å². The summed E-state index contributed by atoms with van der Waals surface area (Å²) in [6.07, 6.45) is 2.44. The Hall–Kier alpha value is 2.13. The Labute approximate surface area is 111 Å². The quantitative estimate of drug-likeness (QED) is 0.418. The van der Waals surface area contributed by atoms with Crippen LogP contribution in [0.3, 0.4) is 0 Å². The van der Waals surface area contributed by atoms with E-state index in [1.807, 2.05) is 0 Å². The van der Waals surface area contributed by atoms with Crippen LogP contribution in [0.4, 0.5) is 0 Å². The molecule has 0 unspecified atom stereocenters. The van der Waals surface area contributed by atoms with Crippen molar-refractivity contribution in [3.63, 3.8) is 0 Å². The van der Waals surface area contributed by atoms with E-state index < -0.39 is 5.67 Å². The van der Waals surface area contributed by atoms with Gasteiger partial charge in [-0.2, -0.15) is 0 Å². The van der Waals surface area contributed by atoms with Crippen molar-refractivity contribution in [2.45, 2.75) is 27.7 Å². The number of thiol groups is 2. The number of rotatable bonds is 4. The Morgan fingerprint density at radius 2 is 1.17 bits per heavy atom. The molecular formula is C8H22NaPS2. The summed E-state index contributed by atoms with van der Waals surface area (Å²) in [5, 5.41) is 0. The molecular weight excluding hydrogens is 214 g/mol. The van der Waals surface area contributed by atoms with Crippen LogP contribution in [0.15, 0.2) is 0 Å². The molecule has 0 rings (SSSR count). The van der Waals surface area contributed by atoms with Gasteiger partial charge in [-0.1, -0.05) is 0 Å². The van der Waals surface area contributed by atoms with Gasteiger partial charge in [0, 0.05) is 0 Å². The zero-order valence-electron chi connectivity index (χ0n) is 7.96. The zero-order chi connectivity index (χ0) is 9.07. The van der Waals surface area contributed by atoms with Crippen LogP contribution in [0, 0.1) is 11.8 Å². The summed E-state index contributed by atoms with van der Waals surface area (Å²) in [5.41, 5.74) is -1.44. The van der Waals surface area contributed by atoms with Crippen LogP contribution in [0.1, 0.15) is 27.7 Å². The fraction of sp³-hybridized carbons (Fsp3) is 1.00. The molecule has 0 atom stereocenters. The molecule has 0 aliphatic carbocycles. The molecule has 0 aromatic rings. The number of hydrogen-bond donors (Lipinski definition) is 2. The van der Waals surface area contributed by atoms with E-state index in [1.165, 1.54) is 12.3 Å². The van der Waals surface area contributed by atoms with Crippen molar-refractivity contribution in [1.29, 1.82) is 0 Å². The monoisotopic (exact) mass is 236 g/mol. The standard InChI is InChI=1S/C8H21PS2.Na.H/c1-7(2)5-9(10,11)6-8(3)4;;/h7-11H,5-6H2,1-4H3;;. The van der Waals surface area contributed by atoms with Crippen molar-refractivity contribution in [3.8, 4) is 0 Å². The third-order valence-electron chi connectivity index (χ3n) is 1.47. The molecule has 0 amide bonds. The summed E-state index contributed by atoms with van der Waals surface area (Å²) >= 11 is 9.34. The van der Waals surface area contributed by atoms with Gasteiger partial charge in [0.2, 0.25) is 0 Å². The van der Waals surface area contributed by atoms with Crippen molar-refractivity contribution in [1.82, 2.24) is 0 Å². The maximum absolute atomic E-state index is 4.67. The summed E-state index contributed by atoms with van der Waals surface area (Å²) in [7, 11) is 0. The van der Waals surface area contributed by atoms with Gasteiger partial charge in [0.05, 0.1) is 0 Å². The third-order valence-corrected chi connectivity index (χ3v) is 6.60. The Morgan fingerprint density at radius 3 is 1.33 bits per heavy atom. The average Bonchev–Trinajstić information content (AvgIpc) is 1.53. The molecule has 0 aromatic heterocycles. The van der Waals surface area contributed by atoms with Crippen LogP contribution in [-0.4, -0.2) is 41.9 Å². The molecule has 0 aromatic carbocycles. The summed E-state index contributed by atoms with van der Waals surface area (Å²) in [5.74, 6) is 1.49. The first-order valence-electron chi connectivity index (χ1n) is 4.28. The molecule has 72 valence electrons. The maximum atomic E-state index is 4.67. The fourth-order valence-electron chi connectivity index (χ4n) is 1.39. The van der Waals surface area contributed by atoms with Crippen LogP contribution in [0.25, 0.3) is 0 Å². The molecule has 0 saturated carbocycles. The van der Waals surface area contributed by atoms with E-state index >= 15 is 0 Å². The molecule has 0 aliphatic heterocycles. The zero-order valence-corrected chi connectivity index (χ0v) is 10.8. The topological polar surface area (TPSA) is 0 Å². The van der Waals surface area contributed by atoms with Crippen molar-refractivity contribution < 1.29 is 0 Å². The molecule has 0 N–H and O–H groups in total. The first-order chi connectivity index (χ1) is 4.83. The summed E-state index contributed by atoms with van der Waals surface area (Å²) < 4.78 is 0. The van der Waals surface area contributed by atoms with E-state index in [1.54, 1.807) is 0 Å². The minimum absolute atomic E-state index is 0. The predicted octanol–water partition coefficient (Wildman–Crippen LogP) is 3.09. The SMILES string of the molecule is CC(C)C[PH](S)(S)CC(C)C.[NaH]. The van der Waals surface area contributed by atoms with Crippen molar-refractivity contribution in [3.05, 3.63) is 0 Å². The van der Waals surface area contributed by atoms with Crippen LogP contribution < -0.4 is 0 Å². The first-order valence-corrected chi connectivity index (χ1v) is 9.27. The van der Waals surface area contributed by atoms with Gasteiger partial charge in [-0.15, -0.1) is 0 Å². The molecule has 0 saturated heterocycles. The van der Waals surface area contributed by atoms with Crippen LogP contribution in [0.5, 0.6) is 0 Å². The Balaban J connectivity index is 0. The normalized spacial score (nSPS) is 13.3. The van der Waals surface area contributed by atoms with E-state index in [0.717, 1.165) is 11.8 Å². The summed E-state index contributed by atoms with van der Waals surface area (Å²) in [6, 6.07) is 0. The molecule has 0 heterocycles. The van der Waals surface area contributed by atoms with Gasteiger partial charge in [-0.25, -0.2) is 0 Å². The third kappa shape index (κ3) is 10.2. The van der Waals surface area contributed by atoms with Gasteiger partial charge in [0.1, 0.15) is 0 Å². The van der Waals surface area contributed by atoms with Gasteiger partial charge < -0.3 is 0 Å². The molecule has 0 spiro atoms. The predicted molar refractivity (Wildman–Crippen MR) is 72.8 cm³/mol. The molecule has 0 fully saturated rings. The van der Waals surface area contributed by atoms with Gasteiger partial charge in [0.15, 0.2) is 0 Å². The molecule has 0 bridgehead atoms. The van der Waals surface area contributed by atoms with Crippen molar-refractivity contribution in [2.75, 3.05) is 12.3 Å². The minimum atomic E-state index is -1.44. The average molecular weight is 236 g/mol. The van der Waals surface area contributed by atoms with Crippen LogP contribution in [0.2, 0.25) is 0 Å². The fourth-order valence-corrected chi connectivity index (χ4v) is 8.55.